The van der Waals surface area contributed by atoms with Crippen LogP contribution in [0.15, 0.2) is 18.2 Å². The maximum Gasteiger partial charge on any atom is 0.0919 e. The first-order chi connectivity index (χ1) is 8.87. The van der Waals surface area contributed by atoms with Gasteiger partial charge in [-0.05, 0) is 49.8 Å². The van der Waals surface area contributed by atoms with Gasteiger partial charge in [0.1, 0.15) is 0 Å². The van der Waals surface area contributed by atoms with Crippen molar-refractivity contribution < 1.29 is 5.11 Å². The molecule has 1 saturated heterocycles. The molecule has 1 atom stereocenters. The molecule has 1 unspecified atom stereocenters. The van der Waals surface area contributed by atoms with Gasteiger partial charge in [0.15, 0.2) is 0 Å². The lowest BCUT2D eigenvalue weighted by molar-refractivity contribution is 0.0595. The molecule has 19 heavy (non-hydrogen) atoms. The minimum atomic E-state index is -0.366. The molecular formula is C17H27NO. The number of likely N-dealkylation sites (tertiary alicyclic amines) is 1. The molecule has 0 saturated carbocycles. The number of piperidine rings is 1. The van der Waals surface area contributed by atoms with E-state index in [0.717, 1.165) is 25.2 Å². The molecule has 0 spiro atoms. The molecule has 2 rings (SSSR count). The Morgan fingerprint density at radius 2 is 2.05 bits per heavy atom. The zero-order valence-electron chi connectivity index (χ0n) is 12.7. The van der Waals surface area contributed by atoms with E-state index in [0.29, 0.717) is 5.41 Å². The number of hydrogen-bond donors (Lipinski definition) is 1. The Morgan fingerprint density at radius 3 is 2.68 bits per heavy atom. The predicted octanol–water partition coefficient (Wildman–Crippen LogP) is 3.46. The van der Waals surface area contributed by atoms with E-state index in [2.05, 4.69) is 50.8 Å². The van der Waals surface area contributed by atoms with Crippen LogP contribution in [-0.4, -0.2) is 29.6 Å². The second-order valence-electron chi connectivity index (χ2n) is 6.88. The fourth-order valence-corrected chi connectivity index (χ4v) is 3.24. The molecule has 1 aromatic carbocycles. The van der Waals surface area contributed by atoms with Crippen LogP contribution in [0.25, 0.3) is 0 Å². The Labute approximate surface area is 117 Å². The van der Waals surface area contributed by atoms with Gasteiger partial charge in [-0.1, -0.05) is 37.6 Å². The monoisotopic (exact) mass is 261 g/mol. The highest BCUT2D eigenvalue weighted by atomic mass is 16.3. The van der Waals surface area contributed by atoms with Crippen LogP contribution in [0.4, 0.5) is 0 Å². The fraction of sp³-hybridized carbons (Fsp3) is 0.647. The summed E-state index contributed by atoms with van der Waals surface area (Å²) in [5.74, 6) is 0. The Hall–Kier alpha value is -0.860. The second-order valence-corrected chi connectivity index (χ2v) is 6.88. The quantitative estimate of drug-likeness (QED) is 0.900. The van der Waals surface area contributed by atoms with Gasteiger partial charge in [-0.15, -0.1) is 0 Å². The van der Waals surface area contributed by atoms with Crippen LogP contribution in [0.5, 0.6) is 0 Å². The summed E-state index contributed by atoms with van der Waals surface area (Å²) in [6.45, 7) is 11.8. The molecule has 2 heteroatoms. The van der Waals surface area contributed by atoms with E-state index in [1.807, 2.05) is 0 Å². The normalized spacial score (nSPS) is 21.3. The van der Waals surface area contributed by atoms with Crippen LogP contribution < -0.4 is 0 Å². The Morgan fingerprint density at radius 1 is 1.32 bits per heavy atom. The van der Waals surface area contributed by atoms with E-state index < -0.39 is 0 Å². The van der Waals surface area contributed by atoms with Crippen LogP contribution in [0, 0.1) is 19.3 Å². The summed E-state index contributed by atoms with van der Waals surface area (Å²) in [5.41, 5.74) is 3.92. The molecule has 1 aromatic rings. The molecule has 0 amide bonds. The van der Waals surface area contributed by atoms with Gasteiger partial charge in [-0.3, -0.25) is 4.90 Å². The second kappa shape index (κ2) is 5.64. The highest BCUT2D eigenvalue weighted by Crippen LogP contribution is 2.30. The highest BCUT2D eigenvalue weighted by Gasteiger charge is 2.27. The molecule has 0 aromatic heterocycles. The van der Waals surface area contributed by atoms with Gasteiger partial charge in [-0.2, -0.15) is 0 Å². The minimum absolute atomic E-state index is 0.366. The first-order valence-electron chi connectivity index (χ1n) is 7.35. The lowest BCUT2D eigenvalue weighted by Gasteiger charge is -2.39. The van der Waals surface area contributed by atoms with Crippen LogP contribution in [0.1, 0.15) is 49.5 Å². The number of aliphatic hydroxyl groups excluding tert-OH is 1. The largest absolute Gasteiger partial charge is 0.387 e. The van der Waals surface area contributed by atoms with Crippen molar-refractivity contribution in [1.29, 1.82) is 0 Å². The van der Waals surface area contributed by atoms with Crippen molar-refractivity contribution in [2.75, 3.05) is 19.6 Å². The number of β-amino-alcohol motifs (C(OH)–C–C–N with tert-alkyl or cyclic N) is 1. The first-order valence-corrected chi connectivity index (χ1v) is 7.35. The maximum atomic E-state index is 10.5. The first kappa shape index (κ1) is 14.5. The number of benzene rings is 1. The van der Waals surface area contributed by atoms with Crippen molar-refractivity contribution in [2.45, 2.75) is 46.6 Å². The fourth-order valence-electron chi connectivity index (χ4n) is 3.24. The van der Waals surface area contributed by atoms with Gasteiger partial charge in [0.2, 0.25) is 0 Å². The lowest BCUT2D eigenvalue weighted by Crippen LogP contribution is -2.42. The van der Waals surface area contributed by atoms with Crippen LogP contribution in [-0.2, 0) is 0 Å². The van der Waals surface area contributed by atoms with Gasteiger partial charge >= 0.3 is 0 Å². The van der Waals surface area contributed by atoms with Crippen molar-refractivity contribution in [1.82, 2.24) is 4.90 Å². The zero-order valence-corrected chi connectivity index (χ0v) is 12.7. The van der Waals surface area contributed by atoms with Crippen molar-refractivity contribution in [3.8, 4) is 0 Å². The Bertz CT molecular complexity index is 439. The molecule has 0 radical (unpaired) electrons. The third kappa shape index (κ3) is 3.80. The molecule has 1 N–H and O–H groups in total. The molecule has 1 heterocycles. The SMILES string of the molecule is Cc1ccc(C(O)CN2CCCC(C)(C)C2)c(C)c1. The van der Waals surface area contributed by atoms with Crippen molar-refractivity contribution in [3.05, 3.63) is 34.9 Å². The van der Waals surface area contributed by atoms with Crippen LogP contribution in [0.2, 0.25) is 0 Å². The number of nitrogens with zero attached hydrogens (tertiary/aromatic N) is 1. The molecule has 106 valence electrons. The summed E-state index contributed by atoms with van der Waals surface area (Å²) in [4.78, 5) is 2.41. The minimum Gasteiger partial charge on any atom is -0.387 e. The van der Waals surface area contributed by atoms with E-state index in [1.54, 1.807) is 0 Å². The third-order valence-corrected chi connectivity index (χ3v) is 4.19. The molecule has 1 aliphatic rings. The standard InChI is InChI=1S/C17H27NO/c1-13-6-7-15(14(2)10-13)16(19)11-18-9-5-8-17(3,4)12-18/h6-7,10,16,19H,5,8-9,11-12H2,1-4H3. The van der Waals surface area contributed by atoms with Crippen LogP contribution in [0.3, 0.4) is 0 Å². The lowest BCUT2D eigenvalue weighted by atomic mass is 9.84. The van der Waals surface area contributed by atoms with Gasteiger partial charge in [-0.25, -0.2) is 0 Å². The van der Waals surface area contributed by atoms with E-state index >= 15 is 0 Å². The van der Waals surface area contributed by atoms with Gasteiger partial charge < -0.3 is 5.11 Å². The number of aryl methyl sites for hydroxylation is 2. The van der Waals surface area contributed by atoms with Gasteiger partial charge in [0, 0.05) is 13.1 Å². The average molecular weight is 261 g/mol. The van der Waals surface area contributed by atoms with E-state index in [1.165, 1.54) is 24.0 Å². The van der Waals surface area contributed by atoms with E-state index in [-0.39, 0.29) is 6.10 Å². The van der Waals surface area contributed by atoms with E-state index in [9.17, 15) is 5.11 Å². The molecule has 1 aliphatic heterocycles. The predicted molar refractivity (Wildman–Crippen MR) is 80.3 cm³/mol. The molecule has 0 aliphatic carbocycles. The molecule has 2 nitrogen and oxygen atoms in total. The van der Waals surface area contributed by atoms with Crippen molar-refractivity contribution >= 4 is 0 Å². The maximum absolute atomic E-state index is 10.5. The van der Waals surface area contributed by atoms with Gasteiger partial charge in [0.05, 0.1) is 6.10 Å². The van der Waals surface area contributed by atoms with Crippen LogP contribution >= 0.6 is 0 Å². The third-order valence-electron chi connectivity index (χ3n) is 4.19. The summed E-state index contributed by atoms with van der Waals surface area (Å²) >= 11 is 0. The van der Waals surface area contributed by atoms with Crippen molar-refractivity contribution in [3.63, 3.8) is 0 Å². The summed E-state index contributed by atoms with van der Waals surface area (Å²) in [6, 6.07) is 6.31. The Kier molecular flexibility index (Phi) is 4.32. The average Bonchev–Trinajstić information content (AvgIpc) is 2.27. The molecule has 0 bridgehead atoms. The smallest absolute Gasteiger partial charge is 0.0919 e. The molecular weight excluding hydrogens is 234 g/mol. The zero-order chi connectivity index (χ0) is 14.0. The van der Waals surface area contributed by atoms with Crippen molar-refractivity contribution in [2.24, 2.45) is 5.41 Å². The topological polar surface area (TPSA) is 23.5 Å². The Balaban J connectivity index is 2.02. The summed E-state index contributed by atoms with van der Waals surface area (Å²) < 4.78 is 0. The van der Waals surface area contributed by atoms with Gasteiger partial charge in [0.25, 0.3) is 0 Å². The summed E-state index contributed by atoms with van der Waals surface area (Å²) in [6.07, 6.45) is 2.17. The van der Waals surface area contributed by atoms with E-state index in [4.69, 9.17) is 0 Å². The number of rotatable bonds is 3. The number of aliphatic hydroxyl groups is 1. The summed E-state index contributed by atoms with van der Waals surface area (Å²) in [5, 5.41) is 10.5. The number of hydrogen-bond acceptors (Lipinski definition) is 2. The molecule has 1 fully saturated rings. The summed E-state index contributed by atoms with van der Waals surface area (Å²) in [7, 11) is 0. The highest BCUT2D eigenvalue weighted by molar-refractivity contribution is 5.32.